The van der Waals surface area contributed by atoms with Gasteiger partial charge in [0, 0.05) is 10.6 Å². The maximum Gasteiger partial charge on any atom is 0.450 e. The maximum atomic E-state index is 13.9. The molecule has 1 aliphatic heterocycles. The fourth-order valence-corrected chi connectivity index (χ4v) is 4.29. The molecule has 0 aliphatic carbocycles. The van der Waals surface area contributed by atoms with E-state index in [0.29, 0.717) is 0 Å². The van der Waals surface area contributed by atoms with Crippen molar-refractivity contribution in [1.82, 2.24) is 0 Å². The lowest BCUT2D eigenvalue weighted by molar-refractivity contribution is -0.918. The summed E-state index contributed by atoms with van der Waals surface area (Å²) in [5.41, 5.74) is -1.49. The topological polar surface area (TPSA) is 54.9 Å². The van der Waals surface area contributed by atoms with Gasteiger partial charge in [0.05, 0.1) is 29.6 Å². The lowest BCUT2D eigenvalue weighted by Crippen LogP contribution is -3.11. The van der Waals surface area contributed by atoms with Crippen molar-refractivity contribution in [2.45, 2.75) is 32.0 Å². The highest BCUT2D eigenvalue weighted by atomic mass is 35.5. The Morgan fingerprint density at radius 1 is 1.06 bits per heavy atom. The summed E-state index contributed by atoms with van der Waals surface area (Å²) in [6, 6.07) is 8.48. The van der Waals surface area contributed by atoms with Crippen molar-refractivity contribution < 1.29 is 27.6 Å². The molecule has 1 fully saturated rings. The van der Waals surface area contributed by atoms with Crippen molar-refractivity contribution in [3.05, 3.63) is 63.0 Å². The summed E-state index contributed by atoms with van der Waals surface area (Å²) in [7, 11) is 0. The number of benzene rings is 2. The van der Waals surface area contributed by atoms with Crippen LogP contribution in [-0.4, -0.2) is 18.2 Å². The SMILES string of the molecule is Cl.O=c1c(-c2ccccc2Cl)c(C(F)(F)F)oc2c(C[NH+]3CCCCC3)c(O)ccc12. The highest BCUT2D eigenvalue weighted by Crippen LogP contribution is 2.40. The maximum absolute atomic E-state index is 13.9. The van der Waals surface area contributed by atoms with Crippen LogP contribution >= 0.6 is 24.0 Å². The molecule has 0 amide bonds. The summed E-state index contributed by atoms with van der Waals surface area (Å²) in [5.74, 6) is -1.59. The first-order chi connectivity index (χ1) is 14.3. The third kappa shape index (κ3) is 4.54. The minimum atomic E-state index is -4.91. The standard InChI is InChI=1S/C22H19ClF3NO3.ClH/c23-16-7-3-2-6-13(16)18-19(29)14-8-9-17(28)15(12-27-10-4-1-5-11-27)20(14)30-21(18)22(24,25)26;/h2-3,6-9,28H,1,4-5,10-12H2;1H/p+1. The van der Waals surface area contributed by atoms with Crippen LogP contribution in [0.2, 0.25) is 5.02 Å². The number of rotatable bonds is 3. The monoisotopic (exact) mass is 474 g/mol. The molecule has 1 saturated heterocycles. The minimum absolute atomic E-state index is 0. The molecule has 0 unspecified atom stereocenters. The Labute approximate surface area is 187 Å². The van der Waals surface area contributed by atoms with E-state index < -0.39 is 22.9 Å². The smallest absolute Gasteiger partial charge is 0.450 e. The van der Waals surface area contributed by atoms with Gasteiger partial charge in [-0.25, -0.2) is 0 Å². The highest BCUT2D eigenvalue weighted by molar-refractivity contribution is 6.33. The van der Waals surface area contributed by atoms with Gasteiger partial charge in [-0.05, 0) is 37.5 Å². The molecule has 4 nitrogen and oxygen atoms in total. The largest absolute Gasteiger partial charge is 0.507 e. The molecular weight excluding hydrogens is 454 g/mol. The minimum Gasteiger partial charge on any atom is -0.507 e. The normalized spacial score (nSPS) is 15.1. The molecule has 1 aromatic heterocycles. The Morgan fingerprint density at radius 3 is 2.39 bits per heavy atom. The summed E-state index contributed by atoms with van der Waals surface area (Å²) in [4.78, 5) is 14.3. The molecule has 9 heteroatoms. The number of nitrogens with one attached hydrogen (secondary N) is 1. The van der Waals surface area contributed by atoms with Gasteiger partial charge >= 0.3 is 6.18 Å². The average molecular weight is 475 g/mol. The van der Waals surface area contributed by atoms with Crippen molar-refractivity contribution in [2.75, 3.05) is 13.1 Å². The van der Waals surface area contributed by atoms with E-state index in [0.717, 1.165) is 37.3 Å². The molecule has 4 rings (SSSR count). The number of hydrogen-bond acceptors (Lipinski definition) is 3. The summed E-state index contributed by atoms with van der Waals surface area (Å²) >= 11 is 6.10. The van der Waals surface area contributed by atoms with Gasteiger partial charge < -0.3 is 14.4 Å². The van der Waals surface area contributed by atoms with E-state index in [9.17, 15) is 23.1 Å². The molecule has 0 atom stereocenters. The molecular formula is C22H21Cl2F3NO3+. The predicted molar refractivity (Wildman–Crippen MR) is 115 cm³/mol. The third-order valence-corrected chi connectivity index (χ3v) is 5.86. The number of halogens is 5. The molecule has 0 bridgehead atoms. The molecule has 2 heterocycles. The Balaban J connectivity index is 0.00000272. The lowest BCUT2D eigenvalue weighted by Gasteiger charge is -2.24. The first-order valence-corrected chi connectivity index (χ1v) is 10.1. The summed E-state index contributed by atoms with van der Waals surface area (Å²) in [5, 5.41) is 10.4. The second-order valence-corrected chi connectivity index (χ2v) is 7.95. The van der Waals surface area contributed by atoms with E-state index in [1.807, 2.05) is 0 Å². The second kappa shape index (κ2) is 9.10. The van der Waals surface area contributed by atoms with Gasteiger partial charge in [-0.1, -0.05) is 29.8 Å². The van der Waals surface area contributed by atoms with Crippen LogP contribution < -0.4 is 10.3 Å². The highest BCUT2D eigenvalue weighted by Gasteiger charge is 2.40. The number of fused-ring (bicyclic) bond motifs is 1. The predicted octanol–water partition coefficient (Wildman–Crippen LogP) is 4.83. The van der Waals surface area contributed by atoms with Crippen LogP contribution in [0.4, 0.5) is 13.2 Å². The van der Waals surface area contributed by atoms with Crippen LogP contribution in [0.25, 0.3) is 22.1 Å². The van der Waals surface area contributed by atoms with E-state index in [2.05, 4.69) is 0 Å². The number of quaternary nitrogens is 1. The third-order valence-electron chi connectivity index (χ3n) is 5.53. The van der Waals surface area contributed by atoms with Crippen molar-refractivity contribution in [3.8, 4) is 16.9 Å². The van der Waals surface area contributed by atoms with Crippen LogP contribution in [0, 0.1) is 0 Å². The molecule has 166 valence electrons. The molecule has 2 aromatic carbocycles. The number of phenols is 1. The molecule has 0 saturated carbocycles. The van der Waals surface area contributed by atoms with Crippen molar-refractivity contribution >= 4 is 35.0 Å². The molecule has 31 heavy (non-hydrogen) atoms. The van der Waals surface area contributed by atoms with Gasteiger partial charge in [-0.3, -0.25) is 4.79 Å². The molecule has 0 radical (unpaired) electrons. The summed E-state index contributed by atoms with van der Waals surface area (Å²) in [6.07, 6.45) is -1.79. The Kier molecular flexibility index (Phi) is 6.88. The van der Waals surface area contributed by atoms with Gasteiger partial charge in [0.1, 0.15) is 12.3 Å². The first kappa shape index (κ1) is 23.4. The van der Waals surface area contributed by atoms with Crippen molar-refractivity contribution in [3.63, 3.8) is 0 Å². The quantitative estimate of drug-likeness (QED) is 0.571. The molecule has 0 spiro atoms. The number of likely N-dealkylation sites (tertiary alicyclic amines) is 1. The fourth-order valence-electron chi connectivity index (χ4n) is 4.06. The van der Waals surface area contributed by atoms with Gasteiger partial charge in [-0.15, -0.1) is 12.4 Å². The van der Waals surface area contributed by atoms with Crippen LogP contribution in [0.1, 0.15) is 30.6 Å². The van der Waals surface area contributed by atoms with Crippen LogP contribution in [0.3, 0.4) is 0 Å². The van der Waals surface area contributed by atoms with Crippen LogP contribution in [-0.2, 0) is 12.7 Å². The van der Waals surface area contributed by atoms with E-state index >= 15 is 0 Å². The molecule has 2 N–H and O–H groups in total. The van der Waals surface area contributed by atoms with Gasteiger partial charge in [0.15, 0.2) is 5.58 Å². The number of piperidine rings is 1. The Hall–Kier alpha value is -2.22. The van der Waals surface area contributed by atoms with Crippen LogP contribution in [0.15, 0.2) is 45.6 Å². The van der Waals surface area contributed by atoms with Crippen molar-refractivity contribution in [1.29, 1.82) is 0 Å². The lowest BCUT2D eigenvalue weighted by atomic mass is 9.99. The average Bonchev–Trinajstić information content (AvgIpc) is 2.71. The van der Waals surface area contributed by atoms with Gasteiger partial charge in [0.25, 0.3) is 0 Å². The van der Waals surface area contributed by atoms with E-state index in [1.165, 1.54) is 30.3 Å². The summed E-state index contributed by atoms with van der Waals surface area (Å²) < 4.78 is 47.1. The number of alkyl halides is 3. The van der Waals surface area contributed by atoms with Gasteiger partial charge in [-0.2, -0.15) is 13.2 Å². The number of aromatic hydroxyl groups is 1. The zero-order valence-electron chi connectivity index (χ0n) is 16.4. The van der Waals surface area contributed by atoms with E-state index in [1.54, 1.807) is 6.07 Å². The number of phenolic OH excluding ortho intramolecular Hbond substituents is 1. The Bertz CT molecular complexity index is 1160. The van der Waals surface area contributed by atoms with Crippen LogP contribution in [0.5, 0.6) is 5.75 Å². The zero-order valence-corrected chi connectivity index (χ0v) is 18.0. The second-order valence-electron chi connectivity index (χ2n) is 7.54. The van der Waals surface area contributed by atoms with Gasteiger partial charge in [0.2, 0.25) is 11.2 Å². The first-order valence-electron chi connectivity index (χ1n) is 9.74. The number of hydrogen-bond donors (Lipinski definition) is 2. The van der Waals surface area contributed by atoms with Crippen molar-refractivity contribution in [2.24, 2.45) is 0 Å². The fraction of sp³-hybridized carbons (Fsp3) is 0.318. The Morgan fingerprint density at radius 2 is 1.74 bits per heavy atom. The molecule has 3 aromatic rings. The zero-order chi connectivity index (χ0) is 21.5. The van der Waals surface area contributed by atoms with E-state index in [-0.39, 0.29) is 51.8 Å². The van der Waals surface area contributed by atoms with E-state index in [4.69, 9.17) is 16.0 Å². The summed E-state index contributed by atoms with van der Waals surface area (Å²) in [6.45, 7) is 1.99. The molecule has 1 aliphatic rings.